The van der Waals surface area contributed by atoms with Gasteiger partial charge in [0.2, 0.25) is 5.91 Å². The summed E-state index contributed by atoms with van der Waals surface area (Å²) < 4.78 is 10.1. The van der Waals surface area contributed by atoms with Gasteiger partial charge in [-0.2, -0.15) is 0 Å². The van der Waals surface area contributed by atoms with Crippen LogP contribution in [0, 0.1) is 0 Å². The Morgan fingerprint density at radius 3 is 2.70 bits per heavy atom. The largest absolute Gasteiger partial charge is 0.496 e. The molecule has 0 aliphatic rings. The zero-order valence-corrected chi connectivity index (χ0v) is 11.9. The topological polar surface area (TPSA) is 85.0 Å². The van der Waals surface area contributed by atoms with Crippen molar-refractivity contribution in [3.63, 3.8) is 0 Å². The lowest BCUT2D eigenvalue weighted by atomic mass is 10.1. The van der Waals surface area contributed by atoms with Crippen LogP contribution in [0.4, 0.5) is 0 Å². The number of benzene rings is 1. The van der Waals surface area contributed by atoms with E-state index in [9.17, 15) is 4.79 Å². The van der Waals surface area contributed by atoms with E-state index in [1.165, 1.54) is 12.0 Å². The molecule has 0 aliphatic carbocycles. The van der Waals surface area contributed by atoms with Crippen LogP contribution in [-0.4, -0.2) is 55.9 Å². The van der Waals surface area contributed by atoms with Crippen molar-refractivity contribution in [1.29, 1.82) is 0 Å². The van der Waals surface area contributed by atoms with Gasteiger partial charge in [0, 0.05) is 25.8 Å². The Hall–Kier alpha value is -1.63. The Morgan fingerprint density at radius 1 is 1.40 bits per heavy atom. The number of nitrogens with zero attached hydrogens (tertiary/aromatic N) is 1. The zero-order chi connectivity index (χ0) is 15.0. The second-order valence-corrected chi connectivity index (χ2v) is 4.36. The van der Waals surface area contributed by atoms with Crippen molar-refractivity contribution in [1.82, 2.24) is 4.90 Å². The van der Waals surface area contributed by atoms with Crippen molar-refractivity contribution in [3.8, 4) is 5.75 Å². The van der Waals surface area contributed by atoms with Gasteiger partial charge < -0.3 is 25.2 Å². The maximum Gasteiger partial charge on any atom is 0.242 e. The van der Waals surface area contributed by atoms with Crippen LogP contribution in [0.15, 0.2) is 24.3 Å². The number of carbonyl (C=O) groups excluding carboxylic acids is 1. The van der Waals surface area contributed by atoms with Crippen LogP contribution >= 0.6 is 0 Å². The highest BCUT2D eigenvalue weighted by atomic mass is 16.5. The molecule has 0 radical (unpaired) electrons. The predicted molar refractivity (Wildman–Crippen MR) is 75.3 cm³/mol. The minimum Gasteiger partial charge on any atom is -0.496 e. The molecular weight excluding hydrogens is 260 g/mol. The van der Waals surface area contributed by atoms with E-state index >= 15 is 0 Å². The molecule has 1 amide bonds. The number of ether oxygens (including phenoxy) is 2. The number of aliphatic hydroxyl groups is 1. The molecule has 0 fully saturated rings. The zero-order valence-electron chi connectivity index (χ0n) is 11.9. The van der Waals surface area contributed by atoms with Crippen LogP contribution in [0.5, 0.6) is 5.75 Å². The van der Waals surface area contributed by atoms with Crippen molar-refractivity contribution in [2.24, 2.45) is 5.73 Å². The average Bonchev–Trinajstić information content (AvgIpc) is 2.46. The Kier molecular flexibility index (Phi) is 7.00. The average molecular weight is 282 g/mol. The highest BCUT2D eigenvalue weighted by molar-refractivity contribution is 5.81. The molecule has 1 rings (SSSR count). The molecule has 0 saturated heterocycles. The summed E-state index contributed by atoms with van der Waals surface area (Å²) in [4.78, 5) is 13.7. The van der Waals surface area contributed by atoms with Crippen molar-refractivity contribution in [2.45, 2.75) is 12.6 Å². The van der Waals surface area contributed by atoms with Gasteiger partial charge in [-0.1, -0.05) is 18.2 Å². The molecule has 1 aromatic rings. The predicted octanol–water partition coefficient (Wildman–Crippen LogP) is -0.0102. The van der Waals surface area contributed by atoms with Gasteiger partial charge in [-0.25, -0.2) is 0 Å². The first-order chi connectivity index (χ1) is 9.63. The molecule has 3 N–H and O–H groups in total. The van der Waals surface area contributed by atoms with Gasteiger partial charge in [0.25, 0.3) is 0 Å². The molecule has 112 valence electrons. The molecule has 0 saturated carbocycles. The molecule has 1 unspecified atom stereocenters. The fraction of sp³-hybridized carbons (Fsp3) is 0.500. The van der Waals surface area contributed by atoms with Gasteiger partial charge in [0.1, 0.15) is 11.8 Å². The molecule has 0 bridgehead atoms. The molecule has 1 aromatic carbocycles. The molecular formula is C14H22N2O4. The number of hydrogen-bond acceptors (Lipinski definition) is 5. The number of nitrogens with two attached hydrogens (primary N) is 1. The van der Waals surface area contributed by atoms with Gasteiger partial charge in [-0.3, -0.25) is 4.79 Å². The maximum atomic E-state index is 12.2. The molecule has 0 spiro atoms. The van der Waals surface area contributed by atoms with Crippen LogP contribution in [0.3, 0.4) is 0 Å². The first-order valence-electron chi connectivity index (χ1n) is 6.40. The van der Waals surface area contributed by atoms with Crippen LogP contribution in [0.1, 0.15) is 5.56 Å². The number of hydrogen-bond donors (Lipinski definition) is 2. The normalized spacial score (nSPS) is 12.0. The van der Waals surface area contributed by atoms with Gasteiger partial charge in [-0.05, 0) is 6.07 Å². The second kappa shape index (κ2) is 8.52. The SMILES string of the molecule is COCC(N)C(=O)N(CCO)Cc1ccccc1OC. The van der Waals surface area contributed by atoms with E-state index in [-0.39, 0.29) is 25.7 Å². The maximum absolute atomic E-state index is 12.2. The lowest BCUT2D eigenvalue weighted by Gasteiger charge is -2.25. The number of aliphatic hydroxyl groups excluding tert-OH is 1. The van der Waals surface area contributed by atoms with Crippen LogP contribution in [0.2, 0.25) is 0 Å². The molecule has 1 atom stereocenters. The second-order valence-electron chi connectivity index (χ2n) is 4.36. The Bertz CT molecular complexity index is 425. The smallest absolute Gasteiger partial charge is 0.242 e. The third-order valence-electron chi connectivity index (χ3n) is 2.90. The summed E-state index contributed by atoms with van der Waals surface area (Å²) in [6.45, 7) is 0.572. The molecule has 0 heterocycles. The minimum absolute atomic E-state index is 0.124. The fourth-order valence-electron chi connectivity index (χ4n) is 1.91. The van der Waals surface area contributed by atoms with Gasteiger partial charge in [0.15, 0.2) is 0 Å². The Balaban J connectivity index is 2.83. The number of rotatable bonds is 8. The van der Waals surface area contributed by atoms with E-state index in [1.807, 2.05) is 24.3 Å². The van der Waals surface area contributed by atoms with Gasteiger partial charge >= 0.3 is 0 Å². The monoisotopic (exact) mass is 282 g/mol. The van der Waals surface area contributed by atoms with Crippen molar-refractivity contribution in [3.05, 3.63) is 29.8 Å². The first kappa shape index (κ1) is 16.4. The summed E-state index contributed by atoms with van der Waals surface area (Å²) in [7, 11) is 3.07. The Labute approximate surface area is 119 Å². The third kappa shape index (κ3) is 4.48. The fourth-order valence-corrected chi connectivity index (χ4v) is 1.91. The van der Waals surface area contributed by atoms with E-state index in [2.05, 4.69) is 0 Å². The number of amides is 1. The summed E-state index contributed by atoms with van der Waals surface area (Å²) in [5.74, 6) is 0.440. The highest BCUT2D eigenvalue weighted by Gasteiger charge is 2.21. The van der Waals surface area contributed by atoms with Crippen molar-refractivity contribution < 1.29 is 19.4 Å². The molecule has 0 aromatic heterocycles. The molecule has 6 heteroatoms. The van der Waals surface area contributed by atoms with Gasteiger partial charge in [0.05, 0.1) is 20.3 Å². The van der Waals surface area contributed by atoms with Crippen molar-refractivity contribution >= 4 is 5.91 Å². The van der Waals surface area contributed by atoms with Gasteiger partial charge in [-0.15, -0.1) is 0 Å². The molecule has 6 nitrogen and oxygen atoms in total. The van der Waals surface area contributed by atoms with Crippen LogP contribution in [-0.2, 0) is 16.1 Å². The summed E-state index contributed by atoms with van der Waals surface area (Å²) in [6, 6.07) is 6.69. The lowest BCUT2D eigenvalue weighted by Crippen LogP contribution is -2.46. The summed E-state index contributed by atoms with van der Waals surface area (Å²) in [6.07, 6.45) is 0. The summed E-state index contributed by atoms with van der Waals surface area (Å²) >= 11 is 0. The number of carbonyl (C=O) groups is 1. The molecule has 20 heavy (non-hydrogen) atoms. The van der Waals surface area contributed by atoms with E-state index in [4.69, 9.17) is 20.3 Å². The van der Waals surface area contributed by atoms with Crippen LogP contribution in [0.25, 0.3) is 0 Å². The lowest BCUT2D eigenvalue weighted by molar-refractivity contribution is -0.134. The Morgan fingerprint density at radius 2 is 2.10 bits per heavy atom. The molecule has 0 aliphatic heterocycles. The summed E-state index contributed by atoms with van der Waals surface area (Å²) in [5, 5.41) is 9.10. The van der Waals surface area contributed by atoms with E-state index in [0.29, 0.717) is 12.3 Å². The van der Waals surface area contributed by atoms with E-state index in [1.54, 1.807) is 7.11 Å². The third-order valence-corrected chi connectivity index (χ3v) is 2.90. The number of methoxy groups -OCH3 is 2. The standard InChI is InChI=1S/C14H22N2O4/c1-19-10-12(15)14(18)16(7-8-17)9-11-5-3-4-6-13(11)20-2/h3-6,12,17H,7-10,15H2,1-2H3. The first-order valence-corrected chi connectivity index (χ1v) is 6.40. The van der Waals surface area contributed by atoms with Crippen molar-refractivity contribution in [2.75, 3.05) is 34.0 Å². The highest BCUT2D eigenvalue weighted by Crippen LogP contribution is 2.19. The quantitative estimate of drug-likeness (QED) is 0.700. The minimum atomic E-state index is -0.735. The summed E-state index contributed by atoms with van der Waals surface area (Å²) in [5.41, 5.74) is 6.62. The number of para-hydroxylation sites is 1. The van der Waals surface area contributed by atoms with E-state index in [0.717, 1.165) is 5.56 Å². The van der Waals surface area contributed by atoms with E-state index < -0.39 is 6.04 Å². The van der Waals surface area contributed by atoms with Crippen LogP contribution < -0.4 is 10.5 Å².